The normalized spacial score (nSPS) is 11.1. The van der Waals surface area contributed by atoms with Crippen molar-refractivity contribution < 1.29 is 0 Å². The zero-order valence-corrected chi connectivity index (χ0v) is 12.0. The highest BCUT2D eigenvalue weighted by atomic mass is 35.5. The maximum Gasteiger partial charge on any atom is 0.0816 e. The number of nitrogens with zero attached hydrogens (tertiary/aromatic N) is 1. The minimum atomic E-state index is 0.321. The fourth-order valence-electron chi connectivity index (χ4n) is 1.34. The van der Waals surface area contributed by atoms with Gasteiger partial charge in [-0.15, -0.1) is 0 Å². The van der Waals surface area contributed by atoms with E-state index >= 15 is 0 Å². The van der Waals surface area contributed by atoms with Crippen LogP contribution in [0.4, 0.5) is 5.69 Å². The average molecular weight is 319 g/mol. The molecule has 0 aromatic heterocycles. The monoisotopic (exact) mass is 317 g/mol. The van der Waals surface area contributed by atoms with Crippen LogP contribution >= 0.6 is 46.4 Å². The van der Waals surface area contributed by atoms with Gasteiger partial charge in [-0.3, -0.25) is 4.99 Å². The molecule has 0 atom stereocenters. The van der Waals surface area contributed by atoms with Crippen molar-refractivity contribution >= 4 is 58.3 Å². The Bertz CT molecular complexity index is 608. The molecular weight excluding hydrogens is 312 g/mol. The van der Waals surface area contributed by atoms with Crippen molar-refractivity contribution in [3.63, 3.8) is 0 Å². The van der Waals surface area contributed by atoms with Crippen LogP contribution in [0.5, 0.6) is 0 Å². The molecule has 18 heavy (non-hydrogen) atoms. The Morgan fingerprint density at radius 1 is 0.778 bits per heavy atom. The Balaban J connectivity index is 2.36. The second kappa shape index (κ2) is 5.94. The molecule has 92 valence electrons. The quantitative estimate of drug-likeness (QED) is 0.472. The Kier molecular flexibility index (Phi) is 4.52. The van der Waals surface area contributed by atoms with Crippen LogP contribution in [0.2, 0.25) is 20.1 Å². The van der Waals surface area contributed by atoms with Gasteiger partial charge >= 0.3 is 0 Å². The van der Waals surface area contributed by atoms with Crippen molar-refractivity contribution in [2.45, 2.75) is 0 Å². The summed E-state index contributed by atoms with van der Waals surface area (Å²) in [6.07, 6.45) is 1.60. The van der Waals surface area contributed by atoms with Crippen molar-refractivity contribution in [1.82, 2.24) is 0 Å². The first kappa shape index (κ1) is 13.7. The highest BCUT2D eigenvalue weighted by Crippen LogP contribution is 2.32. The van der Waals surface area contributed by atoms with Crippen molar-refractivity contribution in [2.24, 2.45) is 4.99 Å². The highest BCUT2D eigenvalue weighted by Gasteiger charge is 2.07. The molecule has 2 rings (SSSR count). The molecule has 5 heteroatoms. The minimum absolute atomic E-state index is 0.321. The van der Waals surface area contributed by atoms with E-state index in [-0.39, 0.29) is 0 Å². The molecule has 0 N–H and O–H groups in total. The van der Waals surface area contributed by atoms with E-state index in [2.05, 4.69) is 4.99 Å². The van der Waals surface area contributed by atoms with Gasteiger partial charge in [0.15, 0.2) is 0 Å². The number of hydrogen-bond donors (Lipinski definition) is 0. The van der Waals surface area contributed by atoms with E-state index in [1.54, 1.807) is 24.4 Å². The van der Waals surface area contributed by atoms with Gasteiger partial charge in [-0.25, -0.2) is 0 Å². The van der Waals surface area contributed by atoms with Gasteiger partial charge in [-0.05, 0) is 18.2 Å². The number of benzene rings is 2. The molecule has 2 aromatic rings. The molecule has 2 aromatic carbocycles. The fourth-order valence-corrected chi connectivity index (χ4v) is 2.11. The van der Waals surface area contributed by atoms with Crippen molar-refractivity contribution in [2.75, 3.05) is 0 Å². The summed E-state index contributed by atoms with van der Waals surface area (Å²) in [5, 5.41) is 1.68. The topological polar surface area (TPSA) is 12.4 Å². The third-order valence-electron chi connectivity index (χ3n) is 2.26. The maximum atomic E-state index is 6.06. The molecule has 0 saturated heterocycles. The molecule has 0 amide bonds. The fraction of sp³-hybridized carbons (Fsp3) is 0. The molecule has 0 fully saturated rings. The smallest absolute Gasteiger partial charge is 0.0816 e. The summed E-state index contributed by atoms with van der Waals surface area (Å²) in [5.74, 6) is 0. The second-order valence-electron chi connectivity index (χ2n) is 3.47. The predicted octanol–water partition coefficient (Wildman–Crippen LogP) is 6.05. The third kappa shape index (κ3) is 2.99. The zero-order chi connectivity index (χ0) is 13.1. The standard InChI is InChI=1S/C13H7Cl4N/c14-9-3-1-2-4-11(9)18-7-8-5-6-10(15)13(17)12(8)16/h1-7H. The lowest BCUT2D eigenvalue weighted by Gasteiger charge is -2.02. The lowest BCUT2D eigenvalue weighted by molar-refractivity contribution is 1.52. The minimum Gasteiger partial charge on any atom is -0.255 e. The van der Waals surface area contributed by atoms with Gasteiger partial charge in [-0.2, -0.15) is 0 Å². The van der Waals surface area contributed by atoms with Crippen molar-refractivity contribution in [3.8, 4) is 0 Å². The van der Waals surface area contributed by atoms with Crippen LogP contribution in [0.3, 0.4) is 0 Å². The zero-order valence-electron chi connectivity index (χ0n) is 9.00. The summed E-state index contributed by atoms with van der Waals surface area (Å²) in [4.78, 5) is 4.26. The lowest BCUT2D eigenvalue weighted by Crippen LogP contribution is -1.84. The first-order valence-electron chi connectivity index (χ1n) is 5.01. The first-order valence-corrected chi connectivity index (χ1v) is 6.53. The van der Waals surface area contributed by atoms with Crippen LogP contribution < -0.4 is 0 Å². The summed E-state index contributed by atoms with van der Waals surface area (Å²) in [7, 11) is 0. The van der Waals surface area contributed by atoms with Gasteiger partial charge in [0.05, 0.1) is 25.8 Å². The molecule has 0 heterocycles. The van der Waals surface area contributed by atoms with Gasteiger partial charge in [0.2, 0.25) is 0 Å². The number of aliphatic imine (C=N–C) groups is 1. The molecular formula is C13H7Cl4N. The number of rotatable bonds is 2. The van der Waals surface area contributed by atoms with Crippen molar-refractivity contribution in [1.29, 1.82) is 0 Å². The van der Waals surface area contributed by atoms with Crippen LogP contribution in [0.25, 0.3) is 0 Å². The molecule has 0 saturated carbocycles. The molecule has 0 aliphatic rings. The summed E-state index contributed by atoms with van der Waals surface area (Å²) < 4.78 is 0. The van der Waals surface area contributed by atoms with E-state index in [1.807, 2.05) is 18.2 Å². The average Bonchev–Trinajstić information content (AvgIpc) is 2.37. The third-order valence-corrected chi connectivity index (χ3v) is 3.89. The molecule has 0 bridgehead atoms. The van der Waals surface area contributed by atoms with Crippen LogP contribution in [-0.4, -0.2) is 6.21 Å². The molecule has 0 radical (unpaired) electrons. The molecule has 0 aliphatic carbocycles. The van der Waals surface area contributed by atoms with Crippen LogP contribution in [0.15, 0.2) is 41.4 Å². The lowest BCUT2D eigenvalue weighted by atomic mass is 10.2. The molecule has 0 unspecified atom stereocenters. The van der Waals surface area contributed by atoms with Gasteiger partial charge in [0.25, 0.3) is 0 Å². The Morgan fingerprint density at radius 3 is 2.22 bits per heavy atom. The summed E-state index contributed by atoms with van der Waals surface area (Å²) in [5.41, 5.74) is 1.35. The summed E-state index contributed by atoms with van der Waals surface area (Å²) >= 11 is 23.8. The van der Waals surface area contributed by atoms with Crippen molar-refractivity contribution in [3.05, 3.63) is 62.1 Å². The van der Waals surface area contributed by atoms with E-state index in [0.717, 1.165) is 0 Å². The second-order valence-corrected chi connectivity index (χ2v) is 5.04. The summed E-state index contributed by atoms with van der Waals surface area (Å²) in [6.45, 7) is 0. The molecule has 0 aliphatic heterocycles. The Morgan fingerprint density at radius 2 is 1.50 bits per heavy atom. The van der Waals surface area contributed by atoms with Gasteiger partial charge in [0, 0.05) is 11.8 Å². The van der Waals surface area contributed by atoms with Crippen LogP contribution in [0, 0.1) is 0 Å². The predicted molar refractivity (Wildman–Crippen MR) is 80.2 cm³/mol. The van der Waals surface area contributed by atoms with Gasteiger partial charge in [0.1, 0.15) is 0 Å². The Hall–Kier alpha value is -0.730. The van der Waals surface area contributed by atoms with E-state index in [1.165, 1.54) is 0 Å². The van der Waals surface area contributed by atoms with Gasteiger partial charge < -0.3 is 0 Å². The maximum absolute atomic E-state index is 6.06. The first-order chi connectivity index (χ1) is 8.59. The Labute approximate surface area is 125 Å². The largest absolute Gasteiger partial charge is 0.255 e. The highest BCUT2D eigenvalue weighted by molar-refractivity contribution is 6.49. The van der Waals surface area contributed by atoms with Crippen LogP contribution in [-0.2, 0) is 0 Å². The van der Waals surface area contributed by atoms with E-state index < -0.39 is 0 Å². The van der Waals surface area contributed by atoms with Crippen LogP contribution in [0.1, 0.15) is 5.56 Å². The molecule has 0 spiro atoms. The SMILES string of the molecule is Clc1ccccc1N=Cc1ccc(Cl)c(Cl)c1Cl. The summed E-state index contributed by atoms with van der Waals surface area (Å²) in [6, 6.07) is 10.7. The van der Waals surface area contributed by atoms with E-state index in [4.69, 9.17) is 46.4 Å². The van der Waals surface area contributed by atoms with Gasteiger partial charge in [-0.1, -0.05) is 64.6 Å². The molecule has 1 nitrogen and oxygen atoms in total. The number of halogens is 4. The number of para-hydroxylation sites is 1. The number of hydrogen-bond acceptors (Lipinski definition) is 1. The van der Waals surface area contributed by atoms with E-state index in [0.29, 0.717) is 31.3 Å². The van der Waals surface area contributed by atoms with E-state index in [9.17, 15) is 0 Å².